The molecule has 0 saturated heterocycles. The van der Waals surface area contributed by atoms with Crippen molar-refractivity contribution in [1.29, 1.82) is 0 Å². The first kappa shape index (κ1) is 17.3. The SMILES string of the molecule is COc1ccc([N+](=O)[O-])cc1NC(=O)[C@H](C)Nc1ccc(C)cc1. The Balaban J connectivity index is 2.11. The number of anilines is 2. The zero-order valence-corrected chi connectivity index (χ0v) is 13.7. The van der Waals surface area contributed by atoms with Gasteiger partial charge in [-0.2, -0.15) is 0 Å². The van der Waals surface area contributed by atoms with E-state index in [4.69, 9.17) is 4.74 Å². The van der Waals surface area contributed by atoms with Crippen LogP contribution in [0.4, 0.5) is 17.1 Å². The molecule has 2 aromatic carbocycles. The van der Waals surface area contributed by atoms with Crippen molar-refractivity contribution in [2.45, 2.75) is 19.9 Å². The first-order chi connectivity index (χ1) is 11.4. The highest BCUT2D eigenvalue weighted by Gasteiger charge is 2.17. The Morgan fingerprint density at radius 3 is 2.46 bits per heavy atom. The fourth-order valence-corrected chi connectivity index (χ4v) is 2.11. The molecule has 0 unspecified atom stereocenters. The first-order valence-electron chi connectivity index (χ1n) is 7.37. The number of non-ortho nitro benzene ring substituents is 1. The molecular weight excluding hydrogens is 310 g/mol. The number of carbonyl (C=O) groups excluding carboxylic acids is 1. The van der Waals surface area contributed by atoms with E-state index in [2.05, 4.69) is 10.6 Å². The Morgan fingerprint density at radius 2 is 1.88 bits per heavy atom. The molecule has 1 atom stereocenters. The highest BCUT2D eigenvalue weighted by atomic mass is 16.6. The van der Waals surface area contributed by atoms with Crippen LogP contribution in [0.25, 0.3) is 0 Å². The van der Waals surface area contributed by atoms with Gasteiger partial charge in [0, 0.05) is 17.8 Å². The van der Waals surface area contributed by atoms with Gasteiger partial charge in [-0.25, -0.2) is 0 Å². The van der Waals surface area contributed by atoms with Crippen LogP contribution in [0.15, 0.2) is 42.5 Å². The lowest BCUT2D eigenvalue weighted by molar-refractivity contribution is -0.384. The molecular formula is C17H19N3O4. The quantitative estimate of drug-likeness (QED) is 0.626. The number of benzene rings is 2. The summed E-state index contributed by atoms with van der Waals surface area (Å²) in [7, 11) is 1.44. The number of rotatable bonds is 6. The number of ether oxygens (including phenoxy) is 1. The van der Waals surface area contributed by atoms with E-state index in [1.165, 1.54) is 25.3 Å². The van der Waals surface area contributed by atoms with Gasteiger partial charge < -0.3 is 15.4 Å². The van der Waals surface area contributed by atoms with Crippen LogP contribution >= 0.6 is 0 Å². The van der Waals surface area contributed by atoms with E-state index < -0.39 is 11.0 Å². The third-order valence-corrected chi connectivity index (χ3v) is 3.48. The van der Waals surface area contributed by atoms with Gasteiger partial charge in [-0.3, -0.25) is 14.9 Å². The zero-order valence-electron chi connectivity index (χ0n) is 13.7. The summed E-state index contributed by atoms with van der Waals surface area (Å²) in [6.07, 6.45) is 0. The van der Waals surface area contributed by atoms with Crippen molar-refractivity contribution in [2.24, 2.45) is 0 Å². The maximum Gasteiger partial charge on any atom is 0.271 e. The summed E-state index contributed by atoms with van der Waals surface area (Å²) in [6, 6.07) is 11.2. The molecule has 0 aliphatic heterocycles. The highest BCUT2D eigenvalue weighted by Crippen LogP contribution is 2.29. The molecule has 0 saturated carbocycles. The molecule has 24 heavy (non-hydrogen) atoms. The van der Waals surface area contributed by atoms with Crippen molar-refractivity contribution in [1.82, 2.24) is 0 Å². The minimum Gasteiger partial charge on any atom is -0.495 e. The summed E-state index contributed by atoms with van der Waals surface area (Å²) in [5.41, 5.74) is 2.08. The minimum atomic E-state index is -0.531. The molecule has 0 aromatic heterocycles. The van der Waals surface area contributed by atoms with Crippen molar-refractivity contribution in [3.63, 3.8) is 0 Å². The van der Waals surface area contributed by atoms with Gasteiger partial charge in [0.05, 0.1) is 17.7 Å². The fraction of sp³-hybridized carbons (Fsp3) is 0.235. The van der Waals surface area contributed by atoms with Crippen molar-refractivity contribution in [2.75, 3.05) is 17.7 Å². The Kier molecular flexibility index (Phi) is 5.36. The molecule has 126 valence electrons. The lowest BCUT2D eigenvalue weighted by Crippen LogP contribution is -2.32. The van der Waals surface area contributed by atoms with Crippen LogP contribution in [0.5, 0.6) is 5.75 Å². The smallest absolute Gasteiger partial charge is 0.271 e. The Bertz CT molecular complexity index is 744. The van der Waals surface area contributed by atoms with Crippen LogP contribution in [0.1, 0.15) is 12.5 Å². The highest BCUT2D eigenvalue weighted by molar-refractivity contribution is 5.97. The first-order valence-corrected chi connectivity index (χ1v) is 7.37. The summed E-state index contributed by atoms with van der Waals surface area (Å²) >= 11 is 0. The van der Waals surface area contributed by atoms with E-state index in [1.54, 1.807) is 6.92 Å². The molecule has 7 heteroatoms. The van der Waals surface area contributed by atoms with Gasteiger partial charge in [-0.15, -0.1) is 0 Å². The van der Waals surface area contributed by atoms with E-state index in [9.17, 15) is 14.9 Å². The lowest BCUT2D eigenvalue weighted by atomic mass is 10.2. The maximum atomic E-state index is 12.3. The molecule has 2 aromatic rings. The van der Waals surface area contributed by atoms with Gasteiger partial charge in [0.2, 0.25) is 5.91 Å². The second-order valence-electron chi connectivity index (χ2n) is 5.36. The molecule has 0 aliphatic rings. The van der Waals surface area contributed by atoms with E-state index in [-0.39, 0.29) is 17.3 Å². The van der Waals surface area contributed by atoms with E-state index in [0.29, 0.717) is 5.75 Å². The second-order valence-corrected chi connectivity index (χ2v) is 5.36. The number of amides is 1. The van der Waals surface area contributed by atoms with E-state index >= 15 is 0 Å². The van der Waals surface area contributed by atoms with Crippen LogP contribution < -0.4 is 15.4 Å². The third-order valence-electron chi connectivity index (χ3n) is 3.48. The summed E-state index contributed by atoms with van der Waals surface area (Å²) in [6.45, 7) is 3.69. The molecule has 0 radical (unpaired) electrons. The van der Waals surface area contributed by atoms with E-state index in [0.717, 1.165) is 11.3 Å². The van der Waals surface area contributed by atoms with Gasteiger partial charge in [0.25, 0.3) is 5.69 Å². The topological polar surface area (TPSA) is 93.5 Å². The summed E-state index contributed by atoms with van der Waals surface area (Å²) < 4.78 is 5.13. The Labute approximate surface area is 139 Å². The van der Waals surface area contributed by atoms with Crippen LogP contribution in [0.3, 0.4) is 0 Å². The van der Waals surface area contributed by atoms with Crippen molar-refractivity contribution >= 4 is 23.0 Å². The summed E-state index contributed by atoms with van der Waals surface area (Å²) in [5.74, 6) is 0.0332. The zero-order chi connectivity index (χ0) is 17.7. The normalized spacial score (nSPS) is 11.5. The number of nitro groups is 1. The predicted molar refractivity (Wildman–Crippen MR) is 92.5 cm³/mol. The number of hydrogen-bond acceptors (Lipinski definition) is 5. The molecule has 1 amide bonds. The number of carbonyl (C=O) groups is 1. The largest absolute Gasteiger partial charge is 0.495 e. The molecule has 0 bridgehead atoms. The van der Waals surface area contributed by atoms with Gasteiger partial charge in [-0.1, -0.05) is 17.7 Å². The number of hydrogen-bond donors (Lipinski definition) is 2. The van der Waals surface area contributed by atoms with Crippen LogP contribution in [-0.4, -0.2) is 24.0 Å². The monoisotopic (exact) mass is 329 g/mol. The number of methoxy groups -OCH3 is 1. The molecule has 0 fully saturated rings. The number of nitro benzene ring substituents is 1. The fourth-order valence-electron chi connectivity index (χ4n) is 2.11. The summed E-state index contributed by atoms with van der Waals surface area (Å²) in [5, 5.41) is 16.6. The molecule has 0 aliphatic carbocycles. The Morgan fingerprint density at radius 1 is 1.21 bits per heavy atom. The predicted octanol–water partition coefficient (Wildman–Crippen LogP) is 3.35. The average molecular weight is 329 g/mol. The number of aryl methyl sites for hydroxylation is 1. The van der Waals surface area contributed by atoms with Gasteiger partial charge in [-0.05, 0) is 32.0 Å². The van der Waals surface area contributed by atoms with E-state index in [1.807, 2.05) is 31.2 Å². The Hall–Kier alpha value is -3.09. The van der Waals surface area contributed by atoms with Crippen molar-refractivity contribution in [3.05, 3.63) is 58.1 Å². The standard InChI is InChI=1S/C17H19N3O4/c1-11-4-6-13(7-5-11)18-12(2)17(21)19-15-10-14(20(22)23)8-9-16(15)24-3/h4-10,12,18H,1-3H3,(H,19,21)/t12-/m0/s1. The molecule has 0 spiro atoms. The third kappa shape index (κ3) is 4.22. The number of nitrogens with zero attached hydrogens (tertiary/aromatic N) is 1. The van der Waals surface area contributed by atoms with Gasteiger partial charge in [0.1, 0.15) is 11.8 Å². The number of nitrogens with one attached hydrogen (secondary N) is 2. The lowest BCUT2D eigenvalue weighted by Gasteiger charge is -2.16. The minimum absolute atomic E-state index is 0.120. The second kappa shape index (κ2) is 7.45. The van der Waals surface area contributed by atoms with Crippen LogP contribution in [0.2, 0.25) is 0 Å². The van der Waals surface area contributed by atoms with Crippen LogP contribution in [0, 0.1) is 17.0 Å². The summed E-state index contributed by atoms with van der Waals surface area (Å²) in [4.78, 5) is 22.7. The molecule has 2 rings (SSSR count). The van der Waals surface area contributed by atoms with Crippen molar-refractivity contribution < 1.29 is 14.5 Å². The van der Waals surface area contributed by atoms with Gasteiger partial charge in [0.15, 0.2) is 0 Å². The maximum absolute atomic E-state index is 12.3. The molecule has 2 N–H and O–H groups in total. The average Bonchev–Trinajstić information content (AvgIpc) is 2.56. The molecule has 7 nitrogen and oxygen atoms in total. The van der Waals surface area contributed by atoms with Gasteiger partial charge >= 0.3 is 0 Å². The van der Waals surface area contributed by atoms with Crippen LogP contribution in [-0.2, 0) is 4.79 Å². The molecule has 0 heterocycles. The van der Waals surface area contributed by atoms with Crippen molar-refractivity contribution in [3.8, 4) is 5.75 Å².